The predicted octanol–water partition coefficient (Wildman–Crippen LogP) is 7.22. The third-order valence-corrected chi connectivity index (χ3v) is 9.13. The van der Waals surface area contributed by atoms with Crippen molar-refractivity contribution in [2.75, 3.05) is 50.4 Å². The molecule has 1 unspecified atom stereocenters. The Morgan fingerprint density at radius 3 is 2.22 bits per heavy atom. The van der Waals surface area contributed by atoms with Crippen LogP contribution in [0.5, 0.6) is 11.5 Å². The molecule has 1 aliphatic heterocycles. The Bertz CT molecular complexity index is 1830. The highest BCUT2D eigenvalue weighted by Crippen LogP contribution is 2.40. The molecular weight excluding hydrogens is 574 g/mol. The normalized spacial score (nSPS) is 14.8. The zero-order valence-corrected chi connectivity index (χ0v) is 27.0. The van der Waals surface area contributed by atoms with E-state index in [-0.39, 0.29) is 17.4 Å². The Balaban J connectivity index is 1.14. The Hall–Kier alpha value is -4.79. The number of rotatable bonds is 9. The van der Waals surface area contributed by atoms with Crippen LogP contribution in [-0.2, 0) is 6.54 Å². The fraction of sp³-hybridized carbons (Fsp3) is 0.289. The van der Waals surface area contributed by atoms with Crippen LogP contribution in [0.15, 0.2) is 84.9 Å². The van der Waals surface area contributed by atoms with Gasteiger partial charge in [-0.2, -0.15) is 0 Å². The van der Waals surface area contributed by atoms with Gasteiger partial charge in [0.2, 0.25) is 0 Å². The lowest BCUT2D eigenvalue weighted by atomic mass is 10.0. The lowest BCUT2D eigenvalue weighted by molar-refractivity contribution is 0.102. The van der Waals surface area contributed by atoms with Crippen molar-refractivity contribution in [2.24, 2.45) is 5.92 Å². The van der Waals surface area contributed by atoms with Crippen LogP contribution >= 0.6 is 0 Å². The minimum absolute atomic E-state index is 0.115. The highest BCUT2D eigenvalue weighted by atomic mass is 16.3. The van der Waals surface area contributed by atoms with Gasteiger partial charge in [0.1, 0.15) is 11.5 Å². The lowest BCUT2D eigenvalue weighted by Crippen LogP contribution is -2.46. The number of nitrogens with zero attached hydrogens (tertiary/aromatic N) is 3. The first kappa shape index (κ1) is 31.2. The molecule has 8 heteroatoms. The summed E-state index contributed by atoms with van der Waals surface area (Å²) in [5.41, 5.74) is 7.31. The molecule has 0 bridgehead atoms. The van der Waals surface area contributed by atoms with Gasteiger partial charge in [0, 0.05) is 90.6 Å². The lowest BCUT2D eigenvalue weighted by Gasteiger charge is -2.34. The second kappa shape index (κ2) is 13.3. The minimum Gasteiger partial charge on any atom is -0.507 e. The third kappa shape index (κ3) is 6.73. The number of amides is 1. The SMILES string of the molecule is Cc1c(C)n(CC(C)CN2CCN(C)CC2)c2ccc(Nc3cccc(C(=O)Nc4cc(O)c(-c5ccccc5)c(O)c4)c3)cc12. The van der Waals surface area contributed by atoms with Crippen molar-refractivity contribution in [1.82, 2.24) is 14.4 Å². The van der Waals surface area contributed by atoms with Crippen molar-refractivity contribution in [3.63, 3.8) is 0 Å². The number of phenols is 2. The van der Waals surface area contributed by atoms with E-state index in [1.165, 1.54) is 34.3 Å². The van der Waals surface area contributed by atoms with Crippen LogP contribution in [0.2, 0.25) is 0 Å². The first-order valence-corrected chi connectivity index (χ1v) is 16.0. The molecule has 1 saturated heterocycles. The number of aryl methyl sites for hydroxylation is 1. The molecule has 4 aromatic carbocycles. The van der Waals surface area contributed by atoms with Crippen molar-refractivity contribution in [3.8, 4) is 22.6 Å². The van der Waals surface area contributed by atoms with Gasteiger partial charge in [0.15, 0.2) is 0 Å². The van der Waals surface area contributed by atoms with Crippen LogP contribution in [0, 0.1) is 19.8 Å². The maximum atomic E-state index is 13.2. The van der Waals surface area contributed by atoms with Gasteiger partial charge in [0.05, 0.1) is 5.56 Å². The summed E-state index contributed by atoms with van der Waals surface area (Å²) in [6, 6.07) is 25.8. The fourth-order valence-corrected chi connectivity index (χ4v) is 6.50. The number of nitrogens with one attached hydrogen (secondary N) is 2. The summed E-state index contributed by atoms with van der Waals surface area (Å²) in [6.45, 7) is 13.4. The molecule has 5 aromatic rings. The quantitative estimate of drug-likeness (QED) is 0.140. The molecule has 4 N–H and O–H groups in total. The molecule has 2 heterocycles. The summed E-state index contributed by atoms with van der Waals surface area (Å²) >= 11 is 0. The van der Waals surface area contributed by atoms with Gasteiger partial charge in [0.25, 0.3) is 5.91 Å². The fourth-order valence-electron chi connectivity index (χ4n) is 6.50. The third-order valence-electron chi connectivity index (χ3n) is 9.13. The minimum atomic E-state index is -0.348. The Labute approximate surface area is 270 Å². The molecular formula is C38H43N5O3. The number of hydrogen-bond acceptors (Lipinski definition) is 6. The van der Waals surface area contributed by atoms with E-state index in [1.807, 2.05) is 30.3 Å². The summed E-state index contributed by atoms with van der Waals surface area (Å²) in [4.78, 5) is 18.2. The Morgan fingerprint density at radius 1 is 0.804 bits per heavy atom. The average molecular weight is 618 g/mol. The molecule has 6 rings (SSSR count). The number of phenolic OH excluding ortho intramolecular Hbond substituents is 2. The van der Waals surface area contributed by atoms with Crippen molar-refractivity contribution in [1.29, 1.82) is 0 Å². The van der Waals surface area contributed by atoms with Gasteiger partial charge in [-0.1, -0.05) is 43.3 Å². The number of anilines is 3. The van der Waals surface area contributed by atoms with Crippen molar-refractivity contribution in [2.45, 2.75) is 27.3 Å². The monoisotopic (exact) mass is 617 g/mol. The molecule has 0 spiro atoms. The first-order chi connectivity index (χ1) is 22.2. The van der Waals surface area contributed by atoms with Gasteiger partial charge < -0.3 is 35.2 Å². The van der Waals surface area contributed by atoms with Crippen LogP contribution in [0.1, 0.15) is 28.5 Å². The van der Waals surface area contributed by atoms with E-state index in [1.54, 1.807) is 24.3 Å². The molecule has 1 fully saturated rings. The second-order valence-corrected chi connectivity index (χ2v) is 12.7. The largest absolute Gasteiger partial charge is 0.507 e. The molecule has 1 aliphatic rings. The Morgan fingerprint density at radius 2 is 1.50 bits per heavy atom. The molecule has 8 nitrogen and oxygen atoms in total. The standard InChI is InChI=1S/C38H43N5O3/c1-25(23-42-17-15-41(4)16-18-42)24-43-27(3)26(2)33-20-31(13-14-34(33)43)39-30-12-8-11-29(19-30)38(46)40-32-21-35(44)37(36(45)22-32)28-9-6-5-7-10-28/h5-14,19-22,25,39,44-45H,15-18,23-24H2,1-4H3,(H,40,46). The highest BCUT2D eigenvalue weighted by molar-refractivity contribution is 6.05. The molecule has 46 heavy (non-hydrogen) atoms. The highest BCUT2D eigenvalue weighted by Gasteiger charge is 2.19. The zero-order chi connectivity index (χ0) is 32.4. The van der Waals surface area contributed by atoms with Crippen LogP contribution in [0.4, 0.5) is 17.1 Å². The first-order valence-electron chi connectivity index (χ1n) is 16.0. The van der Waals surface area contributed by atoms with E-state index in [0.717, 1.165) is 50.6 Å². The van der Waals surface area contributed by atoms with Gasteiger partial charge in [-0.25, -0.2) is 0 Å². The van der Waals surface area contributed by atoms with E-state index in [9.17, 15) is 15.0 Å². The van der Waals surface area contributed by atoms with Gasteiger partial charge in [-0.05, 0) is 74.3 Å². The summed E-state index contributed by atoms with van der Waals surface area (Å²) in [6.07, 6.45) is 0. The number of aromatic nitrogens is 1. The smallest absolute Gasteiger partial charge is 0.255 e. The molecule has 0 saturated carbocycles. The average Bonchev–Trinajstić information content (AvgIpc) is 3.26. The van der Waals surface area contributed by atoms with Crippen LogP contribution in [0.25, 0.3) is 22.0 Å². The number of hydrogen-bond donors (Lipinski definition) is 4. The van der Waals surface area contributed by atoms with Gasteiger partial charge in [-0.15, -0.1) is 0 Å². The maximum Gasteiger partial charge on any atom is 0.255 e. The van der Waals surface area contributed by atoms with Crippen LogP contribution in [-0.4, -0.2) is 70.3 Å². The number of piperazine rings is 1. The number of carbonyl (C=O) groups is 1. The van der Waals surface area contributed by atoms with Crippen molar-refractivity contribution in [3.05, 3.63) is 102 Å². The summed E-state index contributed by atoms with van der Waals surface area (Å²) in [5, 5.41) is 28.7. The van der Waals surface area contributed by atoms with E-state index in [0.29, 0.717) is 28.3 Å². The summed E-state index contributed by atoms with van der Waals surface area (Å²) in [7, 11) is 2.20. The van der Waals surface area contributed by atoms with Crippen LogP contribution in [0.3, 0.4) is 0 Å². The maximum absolute atomic E-state index is 13.2. The number of likely N-dealkylation sites (N-methyl/N-ethyl adjacent to an activating group) is 1. The van der Waals surface area contributed by atoms with E-state index in [4.69, 9.17) is 0 Å². The molecule has 1 atom stereocenters. The van der Waals surface area contributed by atoms with Crippen molar-refractivity contribution < 1.29 is 15.0 Å². The summed E-state index contributed by atoms with van der Waals surface area (Å²) < 4.78 is 2.46. The van der Waals surface area contributed by atoms with Gasteiger partial charge in [-0.3, -0.25) is 4.79 Å². The molecule has 1 aromatic heterocycles. The van der Waals surface area contributed by atoms with Gasteiger partial charge >= 0.3 is 0 Å². The van der Waals surface area contributed by atoms with Crippen molar-refractivity contribution >= 4 is 33.9 Å². The molecule has 238 valence electrons. The number of benzene rings is 4. The van der Waals surface area contributed by atoms with Crippen LogP contribution < -0.4 is 10.6 Å². The predicted molar refractivity (Wildman–Crippen MR) is 187 cm³/mol. The van der Waals surface area contributed by atoms with E-state index < -0.39 is 0 Å². The van der Waals surface area contributed by atoms with E-state index in [2.05, 4.69) is 71.0 Å². The molecule has 1 amide bonds. The topological polar surface area (TPSA) is 93.0 Å². The second-order valence-electron chi connectivity index (χ2n) is 12.7. The molecule has 0 radical (unpaired) electrons. The number of aromatic hydroxyl groups is 2. The Kier molecular flexibility index (Phi) is 9.01. The number of fused-ring (bicyclic) bond motifs is 1. The number of carbonyl (C=O) groups excluding carboxylic acids is 1. The summed E-state index contributed by atoms with van der Waals surface area (Å²) in [5.74, 6) is -0.0366. The van der Waals surface area contributed by atoms with E-state index >= 15 is 0 Å². The zero-order valence-electron chi connectivity index (χ0n) is 27.0. The molecule has 0 aliphatic carbocycles.